The molecule has 1 aromatic heterocycles. The first-order valence-electron chi connectivity index (χ1n) is 8.49. The van der Waals surface area contributed by atoms with Gasteiger partial charge in [0.2, 0.25) is 5.91 Å². The highest BCUT2D eigenvalue weighted by Crippen LogP contribution is 2.26. The molecular formula is C19H22N4O2. The van der Waals surface area contributed by atoms with Crippen LogP contribution in [0.15, 0.2) is 42.6 Å². The number of aryl methyl sites for hydroxylation is 1. The van der Waals surface area contributed by atoms with Gasteiger partial charge in [0.1, 0.15) is 0 Å². The molecule has 0 saturated heterocycles. The standard InChI is InChI=1S/C19H22N4O2/c1-13(14-5-7-17-15(12-14)6-8-18(24)23-17)22-19(25)21-11-9-16-4-2-3-10-20-16/h2-5,7,10,12-13H,6,8-9,11H2,1H3,(H,23,24)(H2,21,22,25)/t13-/m0/s1. The van der Waals surface area contributed by atoms with E-state index in [2.05, 4.69) is 20.9 Å². The molecular weight excluding hydrogens is 316 g/mol. The molecule has 0 saturated carbocycles. The van der Waals surface area contributed by atoms with Gasteiger partial charge in [-0.3, -0.25) is 9.78 Å². The molecule has 0 aliphatic carbocycles. The Morgan fingerprint density at radius 2 is 2.16 bits per heavy atom. The highest BCUT2D eigenvalue weighted by atomic mass is 16.2. The Kier molecular flexibility index (Phi) is 5.28. The van der Waals surface area contributed by atoms with Gasteiger partial charge in [-0.15, -0.1) is 0 Å². The van der Waals surface area contributed by atoms with Gasteiger partial charge in [0, 0.05) is 37.0 Å². The van der Waals surface area contributed by atoms with Gasteiger partial charge in [-0.1, -0.05) is 18.2 Å². The van der Waals surface area contributed by atoms with Crippen molar-refractivity contribution in [2.45, 2.75) is 32.2 Å². The van der Waals surface area contributed by atoms with Crippen molar-refractivity contribution < 1.29 is 9.59 Å². The summed E-state index contributed by atoms with van der Waals surface area (Å²) in [6.07, 6.45) is 3.68. The molecule has 0 fully saturated rings. The van der Waals surface area contributed by atoms with Crippen LogP contribution in [0.3, 0.4) is 0 Å². The average molecular weight is 338 g/mol. The second-order valence-electron chi connectivity index (χ2n) is 6.16. The van der Waals surface area contributed by atoms with Crippen LogP contribution in [0.4, 0.5) is 10.5 Å². The fraction of sp³-hybridized carbons (Fsp3) is 0.316. The lowest BCUT2D eigenvalue weighted by atomic mass is 9.98. The first kappa shape index (κ1) is 17.0. The molecule has 1 aromatic carbocycles. The van der Waals surface area contributed by atoms with Crippen molar-refractivity contribution in [3.8, 4) is 0 Å². The van der Waals surface area contributed by atoms with E-state index >= 15 is 0 Å². The minimum Gasteiger partial charge on any atom is -0.338 e. The lowest BCUT2D eigenvalue weighted by Gasteiger charge is -2.20. The Bertz CT molecular complexity index is 761. The number of nitrogens with one attached hydrogen (secondary N) is 3. The molecule has 2 heterocycles. The van der Waals surface area contributed by atoms with E-state index in [4.69, 9.17) is 0 Å². The molecule has 1 atom stereocenters. The number of hydrogen-bond acceptors (Lipinski definition) is 3. The highest BCUT2D eigenvalue weighted by molar-refractivity contribution is 5.93. The van der Waals surface area contributed by atoms with Crippen molar-refractivity contribution in [1.82, 2.24) is 15.6 Å². The number of carbonyl (C=O) groups excluding carboxylic acids is 2. The van der Waals surface area contributed by atoms with Gasteiger partial charge >= 0.3 is 6.03 Å². The molecule has 3 amide bonds. The third kappa shape index (κ3) is 4.56. The number of urea groups is 1. The number of fused-ring (bicyclic) bond motifs is 1. The number of rotatable bonds is 5. The quantitative estimate of drug-likeness (QED) is 0.783. The summed E-state index contributed by atoms with van der Waals surface area (Å²) in [5.41, 5.74) is 3.95. The van der Waals surface area contributed by atoms with Gasteiger partial charge in [0.15, 0.2) is 0 Å². The molecule has 2 aromatic rings. The van der Waals surface area contributed by atoms with Crippen LogP contribution >= 0.6 is 0 Å². The zero-order chi connectivity index (χ0) is 17.6. The van der Waals surface area contributed by atoms with Gasteiger partial charge in [0.25, 0.3) is 0 Å². The van der Waals surface area contributed by atoms with E-state index in [1.54, 1.807) is 6.20 Å². The van der Waals surface area contributed by atoms with Crippen molar-refractivity contribution in [2.24, 2.45) is 0 Å². The molecule has 1 aliphatic heterocycles. The van der Waals surface area contributed by atoms with E-state index in [0.717, 1.165) is 28.9 Å². The Morgan fingerprint density at radius 1 is 1.28 bits per heavy atom. The first-order chi connectivity index (χ1) is 12.1. The molecule has 130 valence electrons. The van der Waals surface area contributed by atoms with E-state index in [1.807, 2.05) is 43.3 Å². The number of aromatic nitrogens is 1. The van der Waals surface area contributed by atoms with Crippen LogP contribution < -0.4 is 16.0 Å². The monoisotopic (exact) mass is 338 g/mol. The summed E-state index contributed by atoms with van der Waals surface area (Å²) in [5.74, 6) is 0.0544. The van der Waals surface area contributed by atoms with E-state index in [1.165, 1.54) is 0 Å². The minimum atomic E-state index is -0.200. The SMILES string of the molecule is C[C@H](NC(=O)NCCc1ccccn1)c1ccc2c(c1)CCC(=O)N2. The zero-order valence-electron chi connectivity index (χ0n) is 14.2. The summed E-state index contributed by atoms with van der Waals surface area (Å²) in [6.45, 7) is 2.48. The van der Waals surface area contributed by atoms with E-state index < -0.39 is 0 Å². The number of amides is 3. The summed E-state index contributed by atoms with van der Waals surface area (Å²) < 4.78 is 0. The maximum atomic E-state index is 12.0. The van der Waals surface area contributed by atoms with Gasteiger partial charge < -0.3 is 16.0 Å². The van der Waals surface area contributed by atoms with Gasteiger partial charge in [-0.25, -0.2) is 4.79 Å². The summed E-state index contributed by atoms with van der Waals surface area (Å²) in [7, 11) is 0. The number of nitrogens with zero attached hydrogens (tertiary/aromatic N) is 1. The van der Waals surface area contributed by atoms with Crippen LogP contribution in [0.5, 0.6) is 0 Å². The summed E-state index contributed by atoms with van der Waals surface area (Å²) >= 11 is 0. The molecule has 6 nitrogen and oxygen atoms in total. The smallest absolute Gasteiger partial charge is 0.315 e. The van der Waals surface area contributed by atoms with Crippen LogP contribution in [-0.4, -0.2) is 23.5 Å². The third-order valence-electron chi connectivity index (χ3n) is 4.27. The van der Waals surface area contributed by atoms with Crippen LogP contribution in [0, 0.1) is 0 Å². The molecule has 3 N–H and O–H groups in total. The molecule has 1 aliphatic rings. The molecule has 3 rings (SSSR count). The second kappa shape index (κ2) is 7.79. The maximum absolute atomic E-state index is 12.0. The van der Waals surface area contributed by atoms with Gasteiger partial charge in [-0.05, 0) is 42.7 Å². The van der Waals surface area contributed by atoms with Crippen molar-refractivity contribution >= 4 is 17.6 Å². The predicted molar refractivity (Wildman–Crippen MR) is 96.3 cm³/mol. The molecule has 0 spiro atoms. The maximum Gasteiger partial charge on any atom is 0.315 e. The highest BCUT2D eigenvalue weighted by Gasteiger charge is 2.17. The van der Waals surface area contributed by atoms with Crippen LogP contribution in [-0.2, 0) is 17.6 Å². The van der Waals surface area contributed by atoms with Crippen molar-refractivity contribution in [3.05, 3.63) is 59.4 Å². The average Bonchev–Trinajstić information content (AvgIpc) is 2.62. The predicted octanol–water partition coefficient (Wildman–Crippen LogP) is 2.57. The minimum absolute atomic E-state index is 0.0544. The van der Waals surface area contributed by atoms with Crippen LogP contribution in [0.1, 0.15) is 36.2 Å². The number of carbonyl (C=O) groups is 2. The summed E-state index contributed by atoms with van der Waals surface area (Å²) in [4.78, 5) is 27.7. The number of anilines is 1. The Morgan fingerprint density at radius 3 is 2.96 bits per heavy atom. The molecule has 0 radical (unpaired) electrons. The van der Waals surface area contributed by atoms with Crippen molar-refractivity contribution in [2.75, 3.05) is 11.9 Å². The fourth-order valence-corrected chi connectivity index (χ4v) is 2.85. The Labute approximate surface area is 147 Å². The Balaban J connectivity index is 1.50. The summed E-state index contributed by atoms with van der Waals surface area (Å²) in [6, 6.07) is 11.3. The zero-order valence-corrected chi connectivity index (χ0v) is 14.2. The summed E-state index contributed by atoms with van der Waals surface area (Å²) in [5, 5.41) is 8.66. The fourth-order valence-electron chi connectivity index (χ4n) is 2.85. The lowest BCUT2D eigenvalue weighted by Crippen LogP contribution is -2.38. The number of pyridine rings is 1. The van der Waals surface area contributed by atoms with E-state index in [0.29, 0.717) is 19.4 Å². The second-order valence-corrected chi connectivity index (χ2v) is 6.16. The molecule has 6 heteroatoms. The van der Waals surface area contributed by atoms with Crippen molar-refractivity contribution in [3.63, 3.8) is 0 Å². The normalized spacial score (nSPS) is 14.2. The van der Waals surface area contributed by atoms with Gasteiger partial charge in [-0.2, -0.15) is 0 Å². The van der Waals surface area contributed by atoms with E-state index in [9.17, 15) is 9.59 Å². The number of benzene rings is 1. The van der Waals surface area contributed by atoms with Crippen LogP contribution in [0.2, 0.25) is 0 Å². The molecule has 0 bridgehead atoms. The third-order valence-corrected chi connectivity index (χ3v) is 4.27. The van der Waals surface area contributed by atoms with Crippen LogP contribution in [0.25, 0.3) is 0 Å². The van der Waals surface area contributed by atoms with E-state index in [-0.39, 0.29) is 18.0 Å². The number of hydrogen-bond donors (Lipinski definition) is 3. The van der Waals surface area contributed by atoms with Crippen molar-refractivity contribution in [1.29, 1.82) is 0 Å². The topological polar surface area (TPSA) is 83.1 Å². The first-order valence-corrected chi connectivity index (χ1v) is 8.49. The Hall–Kier alpha value is -2.89. The lowest BCUT2D eigenvalue weighted by molar-refractivity contribution is -0.116. The van der Waals surface area contributed by atoms with Gasteiger partial charge in [0.05, 0.1) is 6.04 Å². The molecule has 0 unspecified atom stereocenters. The largest absolute Gasteiger partial charge is 0.338 e. The molecule has 25 heavy (non-hydrogen) atoms.